The number of rotatable bonds is 9. The molecule has 1 amide bonds. The van der Waals surface area contributed by atoms with Crippen LogP contribution in [0.4, 0.5) is 17.1 Å². The van der Waals surface area contributed by atoms with Gasteiger partial charge in [-0.25, -0.2) is 0 Å². The summed E-state index contributed by atoms with van der Waals surface area (Å²) in [5.41, 5.74) is 2.54. The van der Waals surface area contributed by atoms with Crippen LogP contribution < -0.4 is 15.0 Å². The lowest BCUT2D eigenvalue weighted by Crippen LogP contribution is -2.41. The molecule has 0 aliphatic carbocycles. The van der Waals surface area contributed by atoms with Gasteiger partial charge in [-0.3, -0.25) is 19.8 Å². The lowest BCUT2D eigenvalue weighted by atomic mass is 10.1. The number of nitro groups is 1. The van der Waals surface area contributed by atoms with Gasteiger partial charge in [0.25, 0.3) is 5.69 Å². The summed E-state index contributed by atoms with van der Waals surface area (Å²) in [7, 11) is 5.40. The Labute approximate surface area is 171 Å². The second-order valence-corrected chi connectivity index (χ2v) is 6.93. The Hall–Kier alpha value is -3.13. The zero-order valence-corrected chi connectivity index (χ0v) is 17.5. The number of hydrogen-bond acceptors (Lipinski definition) is 6. The molecule has 0 bridgehead atoms. The molecule has 1 atom stereocenters. The van der Waals surface area contributed by atoms with Crippen molar-refractivity contribution < 1.29 is 14.5 Å². The second-order valence-electron chi connectivity index (χ2n) is 6.93. The van der Waals surface area contributed by atoms with Gasteiger partial charge < -0.3 is 15.0 Å². The Kier molecular flexibility index (Phi) is 7.55. The topological polar surface area (TPSA) is 88.0 Å². The first kappa shape index (κ1) is 22.2. The van der Waals surface area contributed by atoms with Crippen LogP contribution in [0.15, 0.2) is 42.5 Å². The van der Waals surface area contributed by atoms with E-state index in [0.29, 0.717) is 18.8 Å². The number of nitrogens with zero attached hydrogens (tertiary/aromatic N) is 3. The Balaban J connectivity index is 2.10. The van der Waals surface area contributed by atoms with Crippen LogP contribution in [0.5, 0.6) is 5.75 Å². The van der Waals surface area contributed by atoms with Crippen LogP contribution in [-0.2, 0) is 11.3 Å². The Morgan fingerprint density at radius 1 is 1.21 bits per heavy atom. The third-order valence-electron chi connectivity index (χ3n) is 4.83. The first-order valence-corrected chi connectivity index (χ1v) is 9.40. The minimum Gasteiger partial charge on any atom is -0.494 e. The summed E-state index contributed by atoms with van der Waals surface area (Å²) in [4.78, 5) is 27.3. The van der Waals surface area contributed by atoms with Gasteiger partial charge in [-0.15, -0.1) is 0 Å². The van der Waals surface area contributed by atoms with Gasteiger partial charge in [0.15, 0.2) is 0 Å². The maximum absolute atomic E-state index is 12.8. The molecule has 0 heterocycles. The third-order valence-corrected chi connectivity index (χ3v) is 4.83. The summed E-state index contributed by atoms with van der Waals surface area (Å²) in [6.45, 7) is 5.17. The molecular weight excluding hydrogens is 372 g/mol. The number of benzene rings is 2. The van der Waals surface area contributed by atoms with Crippen LogP contribution in [-0.4, -0.2) is 49.5 Å². The molecule has 8 nitrogen and oxygen atoms in total. The van der Waals surface area contributed by atoms with Gasteiger partial charge in [0.05, 0.1) is 29.8 Å². The zero-order chi connectivity index (χ0) is 21.6. The second kappa shape index (κ2) is 9.88. The average molecular weight is 400 g/mol. The fraction of sp³-hybridized carbons (Fsp3) is 0.381. The molecule has 2 aromatic rings. The molecular formula is C21H28N4O4. The molecule has 0 unspecified atom stereocenters. The fourth-order valence-corrected chi connectivity index (χ4v) is 2.96. The molecule has 29 heavy (non-hydrogen) atoms. The molecule has 156 valence electrons. The lowest BCUT2D eigenvalue weighted by molar-refractivity contribution is -0.384. The van der Waals surface area contributed by atoms with Crippen molar-refractivity contribution in [3.05, 3.63) is 58.1 Å². The summed E-state index contributed by atoms with van der Waals surface area (Å²) in [5, 5.41) is 13.7. The number of amides is 1. The van der Waals surface area contributed by atoms with Crippen molar-refractivity contribution in [1.82, 2.24) is 4.90 Å². The normalized spacial score (nSPS) is 11.8. The Bertz CT molecular complexity index is 852. The molecule has 0 fully saturated rings. The number of carbonyl (C=O) groups excluding carboxylic acids is 1. The van der Waals surface area contributed by atoms with E-state index in [-0.39, 0.29) is 17.3 Å². The maximum atomic E-state index is 12.8. The number of carbonyl (C=O) groups is 1. The molecule has 0 aliphatic rings. The van der Waals surface area contributed by atoms with E-state index in [1.165, 1.54) is 25.3 Å². The van der Waals surface area contributed by atoms with Gasteiger partial charge in [-0.05, 0) is 37.2 Å². The molecule has 2 aromatic carbocycles. The number of anilines is 2. The van der Waals surface area contributed by atoms with E-state index in [9.17, 15) is 14.9 Å². The summed E-state index contributed by atoms with van der Waals surface area (Å²) in [6.07, 6.45) is 0. The molecule has 2 rings (SSSR count). The third kappa shape index (κ3) is 5.68. The highest BCUT2D eigenvalue weighted by Crippen LogP contribution is 2.29. The van der Waals surface area contributed by atoms with E-state index < -0.39 is 11.0 Å². The standard InChI is InChI=1S/C21H28N4O4/c1-6-24(14-16-7-9-17(10-8-16)23(3)4)15(2)21(26)22-19-12-11-18(25(27)28)13-20(19)29-5/h7-13,15H,6,14H2,1-5H3,(H,22,26)/t15-/m1/s1. The van der Waals surface area contributed by atoms with E-state index in [0.717, 1.165) is 11.3 Å². The number of hydrogen-bond donors (Lipinski definition) is 1. The maximum Gasteiger partial charge on any atom is 0.273 e. The molecule has 0 spiro atoms. The van der Waals surface area contributed by atoms with Crippen LogP contribution in [0.3, 0.4) is 0 Å². The molecule has 0 radical (unpaired) electrons. The number of methoxy groups -OCH3 is 1. The van der Waals surface area contributed by atoms with Crippen LogP contribution in [0.25, 0.3) is 0 Å². The minimum atomic E-state index is -0.503. The van der Waals surface area contributed by atoms with Gasteiger partial charge in [0.2, 0.25) is 5.91 Å². The van der Waals surface area contributed by atoms with Crippen molar-refractivity contribution in [2.24, 2.45) is 0 Å². The van der Waals surface area contributed by atoms with Crippen LogP contribution >= 0.6 is 0 Å². The summed E-state index contributed by atoms with van der Waals surface area (Å²) < 4.78 is 5.19. The molecule has 8 heteroatoms. The number of non-ortho nitro benzene ring substituents is 1. The van der Waals surface area contributed by atoms with Gasteiger partial charge in [-0.1, -0.05) is 19.1 Å². The fourth-order valence-electron chi connectivity index (χ4n) is 2.96. The number of nitrogens with one attached hydrogen (secondary N) is 1. The van der Waals surface area contributed by atoms with Crippen LogP contribution in [0.2, 0.25) is 0 Å². The SMILES string of the molecule is CCN(Cc1ccc(N(C)C)cc1)[C@H](C)C(=O)Nc1ccc([N+](=O)[O-])cc1OC. The van der Waals surface area contributed by atoms with Crippen LogP contribution in [0.1, 0.15) is 19.4 Å². The van der Waals surface area contributed by atoms with Crippen molar-refractivity contribution in [2.45, 2.75) is 26.4 Å². The molecule has 1 N–H and O–H groups in total. The van der Waals surface area contributed by atoms with E-state index >= 15 is 0 Å². The van der Waals surface area contributed by atoms with E-state index in [4.69, 9.17) is 4.74 Å². The highest BCUT2D eigenvalue weighted by molar-refractivity contribution is 5.96. The van der Waals surface area contributed by atoms with Crippen molar-refractivity contribution in [3.63, 3.8) is 0 Å². The zero-order valence-electron chi connectivity index (χ0n) is 17.5. The van der Waals surface area contributed by atoms with Crippen molar-refractivity contribution in [3.8, 4) is 5.75 Å². The Morgan fingerprint density at radius 3 is 2.38 bits per heavy atom. The molecule has 0 aromatic heterocycles. The van der Waals surface area contributed by atoms with Gasteiger partial charge in [0, 0.05) is 32.4 Å². The van der Waals surface area contributed by atoms with Gasteiger partial charge in [-0.2, -0.15) is 0 Å². The molecule has 0 saturated carbocycles. The van der Waals surface area contributed by atoms with E-state index in [2.05, 4.69) is 34.5 Å². The first-order chi connectivity index (χ1) is 13.8. The highest BCUT2D eigenvalue weighted by atomic mass is 16.6. The number of ether oxygens (including phenoxy) is 1. The summed E-state index contributed by atoms with van der Waals surface area (Å²) >= 11 is 0. The smallest absolute Gasteiger partial charge is 0.273 e. The predicted octanol–water partition coefficient (Wildman–Crippen LogP) is 3.52. The first-order valence-electron chi connectivity index (χ1n) is 9.40. The average Bonchev–Trinajstić information content (AvgIpc) is 2.71. The van der Waals surface area contributed by atoms with Crippen molar-refractivity contribution in [2.75, 3.05) is 38.0 Å². The van der Waals surface area contributed by atoms with Gasteiger partial charge in [0.1, 0.15) is 5.75 Å². The quantitative estimate of drug-likeness (QED) is 0.512. The Morgan fingerprint density at radius 2 is 1.86 bits per heavy atom. The minimum absolute atomic E-state index is 0.0933. The van der Waals surface area contributed by atoms with Gasteiger partial charge >= 0.3 is 0 Å². The number of likely N-dealkylation sites (N-methyl/N-ethyl adjacent to an activating group) is 1. The van der Waals surface area contributed by atoms with Crippen molar-refractivity contribution in [1.29, 1.82) is 0 Å². The monoisotopic (exact) mass is 400 g/mol. The molecule has 0 aliphatic heterocycles. The highest BCUT2D eigenvalue weighted by Gasteiger charge is 2.22. The summed E-state index contributed by atoms with van der Waals surface area (Å²) in [6, 6.07) is 11.9. The largest absolute Gasteiger partial charge is 0.494 e. The molecule has 0 saturated heterocycles. The van der Waals surface area contributed by atoms with E-state index in [1.807, 2.05) is 32.8 Å². The van der Waals surface area contributed by atoms with Crippen molar-refractivity contribution >= 4 is 23.0 Å². The summed E-state index contributed by atoms with van der Waals surface area (Å²) in [5.74, 6) is 0.0472. The predicted molar refractivity (Wildman–Crippen MR) is 115 cm³/mol. The lowest BCUT2D eigenvalue weighted by Gasteiger charge is -2.27. The number of nitro benzene ring substituents is 1. The van der Waals surface area contributed by atoms with E-state index in [1.54, 1.807) is 0 Å². The van der Waals surface area contributed by atoms with Crippen LogP contribution in [0, 0.1) is 10.1 Å².